The number of fused-ring (bicyclic) bond motifs is 1. The summed E-state index contributed by atoms with van der Waals surface area (Å²) in [6, 6.07) is 7.65. The van der Waals surface area contributed by atoms with Crippen LogP contribution in [-0.4, -0.2) is 29.3 Å². The second-order valence-corrected chi connectivity index (χ2v) is 5.68. The van der Waals surface area contributed by atoms with E-state index in [1.807, 2.05) is 42.0 Å². The summed E-state index contributed by atoms with van der Waals surface area (Å²) >= 11 is 6.00. The highest BCUT2D eigenvalue weighted by Gasteiger charge is 2.18. The maximum Gasteiger partial charge on any atom is 0.235 e. The first kappa shape index (κ1) is 14.6. The third kappa shape index (κ3) is 2.21. The average Bonchev–Trinajstić information content (AvgIpc) is 3.18. The van der Waals surface area contributed by atoms with Crippen molar-refractivity contribution < 1.29 is 0 Å². The lowest BCUT2D eigenvalue weighted by Gasteiger charge is -2.09. The number of hydrogen-bond acceptors (Lipinski definition) is 5. The molecular formula is C16H14ClN7. The molecule has 0 spiro atoms. The molecule has 0 saturated heterocycles. The molecule has 0 bridgehead atoms. The molecule has 1 aromatic carbocycles. The largest absolute Gasteiger partial charge is 0.368 e. The van der Waals surface area contributed by atoms with Crippen LogP contribution in [0.5, 0.6) is 0 Å². The zero-order valence-corrected chi connectivity index (χ0v) is 13.6. The molecule has 0 aliphatic heterocycles. The highest BCUT2D eigenvalue weighted by Crippen LogP contribution is 2.30. The van der Waals surface area contributed by atoms with Crippen LogP contribution < -0.4 is 5.73 Å². The van der Waals surface area contributed by atoms with E-state index in [0.717, 1.165) is 22.2 Å². The van der Waals surface area contributed by atoms with E-state index in [1.54, 1.807) is 6.20 Å². The van der Waals surface area contributed by atoms with Crippen molar-refractivity contribution in [3.63, 3.8) is 0 Å². The van der Waals surface area contributed by atoms with Crippen molar-refractivity contribution in [2.24, 2.45) is 0 Å². The van der Waals surface area contributed by atoms with Gasteiger partial charge in [0.15, 0.2) is 0 Å². The number of pyridine rings is 1. The Balaban J connectivity index is 2.02. The van der Waals surface area contributed by atoms with E-state index in [0.29, 0.717) is 23.5 Å². The zero-order chi connectivity index (χ0) is 16.7. The summed E-state index contributed by atoms with van der Waals surface area (Å²) in [6.45, 7) is 2.75. The van der Waals surface area contributed by atoms with Gasteiger partial charge in [0.05, 0.1) is 11.7 Å². The normalized spacial score (nSPS) is 11.2. The highest BCUT2D eigenvalue weighted by atomic mass is 35.5. The molecule has 7 nitrogen and oxygen atoms in total. The van der Waals surface area contributed by atoms with Gasteiger partial charge < -0.3 is 10.3 Å². The molecule has 3 aromatic heterocycles. The van der Waals surface area contributed by atoms with Crippen LogP contribution in [0, 0.1) is 0 Å². The third-order valence-electron chi connectivity index (χ3n) is 3.87. The van der Waals surface area contributed by atoms with Crippen molar-refractivity contribution in [3.8, 4) is 17.1 Å². The molecule has 0 radical (unpaired) electrons. The van der Waals surface area contributed by atoms with Gasteiger partial charge in [-0.15, -0.1) is 0 Å². The lowest BCUT2D eigenvalue weighted by molar-refractivity contribution is 0.706. The molecule has 0 aliphatic carbocycles. The molecule has 0 aliphatic rings. The van der Waals surface area contributed by atoms with Crippen LogP contribution in [-0.2, 0) is 6.54 Å². The number of aromatic nitrogens is 6. The molecule has 0 atom stereocenters. The van der Waals surface area contributed by atoms with E-state index in [4.69, 9.17) is 17.3 Å². The Morgan fingerprint density at radius 3 is 2.62 bits per heavy atom. The third-order valence-corrected chi connectivity index (χ3v) is 4.12. The second kappa shape index (κ2) is 5.61. The minimum Gasteiger partial charge on any atom is -0.368 e. The van der Waals surface area contributed by atoms with Crippen LogP contribution in [0.25, 0.3) is 28.1 Å². The zero-order valence-electron chi connectivity index (χ0n) is 12.9. The average molecular weight is 340 g/mol. The van der Waals surface area contributed by atoms with Crippen LogP contribution in [0.4, 0.5) is 5.95 Å². The molecule has 0 saturated carbocycles. The SMILES string of the molecule is CCn1c(-n2ncnc2N)nc2cncc(-c3ccc(Cl)cc3)c21. The Bertz CT molecular complexity index is 1020. The van der Waals surface area contributed by atoms with Gasteiger partial charge >= 0.3 is 0 Å². The standard InChI is InChI=1S/C16H14ClN7/c1-2-23-14-12(10-3-5-11(17)6-4-10)7-19-8-13(14)22-16(23)24-15(18)20-9-21-24/h3-9H,2H2,1H3,(H2,18,20,21). The molecular weight excluding hydrogens is 326 g/mol. The summed E-state index contributed by atoms with van der Waals surface area (Å²) in [5, 5.41) is 4.86. The van der Waals surface area contributed by atoms with E-state index >= 15 is 0 Å². The summed E-state index contributed by atoms with van der Waals surface area (Å²) < 4.78 is 3.57. The van der Waals surface area contributed by atoms with Crippen LogP contribution in [0.3, 0.4) is 0 Å². The molecule has 3 heterocycles. The fourth-order valence-electron chi connectivity index (χ4n) is 2.78. The minimum atomic E-state index is 0.293. The molecule has 0 amide bonds. The summed E-state index contributed by atoms with van der Waals surface area (Å²) in [7, 11) is 0. The number of benzene rings is 1. The predicted molar refractivity (Wildman–Crippen MR) is 93.0 cm³/mol. The predicted octanol–water partition coefficient (Wildman–Crippen LogP) is 2.93. The molecule has 0 fully saturated rings. The lowest BCUT2D eigenvalue weighted by atomic mass is 10.1. The van der Waals surface area contributed by atoms with E-state index in [2.05, 4.69) is 20.1 Å². The fraction of sp³-hybridized carbons (Fsp3) is 0.125. The number of aryl methyl sites for hydroxylation is 1. The molecule has 2 N–H and O–H groups in total. The van der Waals surface area contributed by atoms with Crippen molar-refractivity contribution in [2.45, 2.75) is 13.5 Å². The van der Waals surface area contributed by atoms with Crippen LogP contribution in [0.2, 0.25) is 5.02 Å². The number of hydrogen-bond donors (Lipinski definition) is 1. The first-order chi connectivity index (χ1) is 11.7. The van der Waals surface area contributed by atoms with Crippen LogP contribution in [0.1, 0.15) is 6.92 Å². The van der Waals surface area contributed by atoms with E-state index in [-0.39, 0.29) is 0 Å². The quantitative estimate of drug-likeness (QED) is 0.620. The van der Waals surface area contributed by atoms with E-state index < -0.39 is 0 Å². The number of imidazole rings is 1. The summed E-state index contributed by atoms with van der Waals surface area (Å²) in [5.41, 5.74) is 9.63. The molecule has 4 aromatic rings. The van der Waals surface area contributed by atoms with Gasteiger partial charge in [-0.05, 0) is 24.6 Å². The van der Waals surface area contributed by atoms with Gasteiger partial charge in [0, 0.05) is 23.3 Å². The summed E-state index contributed by atoms with van der Waals surface area (Å²) in [6.07, 6.45) is 4.97. The minimum absolute atomic E-state index is 0.293. The number of anilines is 1. The van der Waals surface area contributed by atoms with Gasteiger partial charge in [-0.1, -0.05) is 23.7 Å². The van der Waals surface area contributed by atoms with Gasteiger partial charge in [0.1, 0.15) is 11.8 Å². The van der Waals surface area contributed by atoms with Gasteiger partial charge in [0.25, 0.3) is 0 Å². The van der Waals surface area contributed by atoms with Gasteiger partial charge in [-0.2, -0.15) is 14.8 Å². The first-order valence-corrected chi connectivity index (χ1v) is 7.83. The van der Waals surface area contributed by atoms with Crippen molar-refractivity contribution in [3.05, 3.63) is 48.0 Å². The first-order valence-electron chi connectivity index (χ1n) is 7.45. The Labute approximate surface area is 142 Å². The van der Waals surface area contributed by atoms with Crippen molar-refractivity contribution in [1.82, 2.24) is 29.3 Å². The Kier molecular flexibility index (Phi) is 3.42. The number of nitrogens with two attached hydrogens (primary N) is 1. The Morgan fingerprint density at radius 2 is 1.96 bits per heavy atom. The van der Waals surface area contributed by atoms with Crippen molar-refractivity contribution in [2.75, 3.05) is 5.73 Å². The fourth-order valence-corrected chi connectivity index (χ4v) is 2.91. The van der Waals surface area contributed by atoms with E-state index in [9.17, 15) is 0 Å². The van der Waals surface area contributed by atoms with Crippen molar-refractivity contribution >= 4 is 28.6 Å². The number of nitrogens with zero attached hydrogens (tertiary/aromatic N) is 6. The second-order valence-electron chi connectivity index (χ2n) is 5.25. The number of rotatable bonds is 3. The highest BCUT2D eigenvalue weighted by molar-refractivity contribution is 6.30. The van der Waals surface area contributed by atoms with Crippen LogP contribution in [0.15, 0.2) is 43.0 Å². The Hall–Kier alpha value is -2.93. The number of nitrogen functional groups attached to an aromatic ring is 1. The Morgan fingerprint density at radius 1 is 1.17 bits per heavy atom. The topological polar surface area (TPSA) is 87.4 Å². The molecule has 4 rings (SSSR count). The lowest BCUT2D eigenvalue weighted by Crippen LogP contribution is -2.10. The summed E-state index contributed by atoms with van der Waals surface area (Å²) in [4.78, 5) is 12.9. The molecule has 0 unspecified atom stereocenters. The number of halogens is 1. The van der Waals surface area contributed by atoms with Crippen molar-refractivity contribution in [1.29, 1.82) is 0 Å². The monoisotopic (exact) mass is 339 g/mol. The maximum atomic E-state index is 6.00. The molecule has 120 valence electrons. The van der Waals surface area contributed by atoms with Gasteiger partial charge in [-0.25, -0.2) is 4.98 Å². The van der Waals surface area contributed by atoms with Gasteiger partial charge in [-0.3, -0.25) is 4.98 Å². The van der Waals surface area contributed by atoms with E-state index in [1.165, 1.54) is 11.0 Å². The molecule has 8 heteroatoms. The van der Waals surface area contributed by atoms with Crippen LogP contribution >= 0.6 is 11.6 Å². The smallest absolute Gasteiger partial charge is 0.235 e. The maximum absolute atomic E-state index is 6.00. The van der Waals surface area contributed by atoms with Gasteiger partial charge in [0.2, 0.25) is 11.9 Å². The summed E-state index contributed by atoms with van der Waals surface area (Å²) in [5.74, 6) is 0.909. The molecule has 24 heavy (non-hydrogen) atoms.